The fraction of sp³-hybridized carbons (Fsp3) is 0.647. The molecule has 0 aliphatic heterocycles. The standard InChI is InChI=1S/C17H29FN2O/c1-5-20(10-11-21-6-2)17-9-7-8-16(18)15(17)13-19-12-14(3)4/h7-9,14,19H,5-6,10-13H2,1-4H3. The molecule has 0 radical (unpaired) electrons. The van der Waals surface area contributed by atoms with E-state index in [0.29, 0.717) is 25.7 Å². The molecule has 0 aliphatic rings. The summed E-state index contributed by atoms with van der Waals surface area (Å²) in [7, 11) is 0. The van der Waals surface area contributed by atoms with Crippen LogP contribution in [0.3, 0.4) is 0 Å². The van der Waals surface area contributed by atoms with Crippen LogP contribution in [0.2, 0.25) is 0 Å². The lowest BCUT2D eigenvalue weighted by Crippen LogP contribution is -2.29. The van der Waals surface area contributed by atoms with Crippen molar-refractivity contribution in [3.63, 3.8) is 0 Å². The van der Waals surface area contributed by atoms with Crippen molar-refractivity contribution in [1.29, 1.82) is 0 Å². The van der Waals surface area contributed by atoms with Gasteiger partial charge in [-0.15, -0.1) is 0 Å². The fourth-order valence-corrected chi connectivity index (χ4v) is 2.27. The van der Waals surface area contributed by atoms with Crippen LogP contribution in [-0.4, -0.2) is 32.8 Å². The van der Waals surface area contributed by atoms with Crippen molar-refractivity contribution in [2.75, 3.05) is 37.7 Å². The summed E-state index contributed by atoms with van der Waals surface area (Å²) < 4.78 is 19.6. The van der Waals surface area contributed by atoms with Crippen molar-refractivity contribution in [2.45, 2.75) is 34.2 Å². The Hall–Kier alpha value is -1.13. The zero-order valence-electron chi connectivity index (χ0n) is 13.8. The van der Waals surface area contributed by atoms with Crippen molar-refractivity contribution in [2.24, 2.45) is 5.92 Å². The molecule has 0 amide bonds. The number of nitrogens with one attached hydrogen (secondary N) is 1. The average molecular weight is 296 g/mol. The minimum atomic E-state index is -0.140. The summed E-state index contributed by atoms with van der Waals surface area (Å²) in [6.07, 6.45) is 0. The van der Waals surface area contributed by atoms with E-state index >= 15 is 0 Å². The van der Waals surface area contributed by atoms with E-state index in [9.17, 15) is 4.39 Å². The number of benzene rings is 1. The Morgan fingerprint density at radius 1 is 1.29 bits per heavy atom. The Labute approximate surface area is 128 Å². The van der Waals surface area contributed by atoms with Crippen LogP contribution in [0.25, 0.3) is 0 Å². The van der Waals surface area contributed by atoms with Crippen molar-refractivity contribution in [1.82, 2.24) is 5.32 Å². The van der Waals surface area contributed by atoms with Crippen LogP contribution < -0.4 is 10.2 Å². The molecule has 120 valence electrons. The zero-order valence-corrected chi connectivity index (χ0v) is 13.8. The van der Waals surface area contributed by atoms with Gasteiger partial charge in [0.2, 0.25) is 0 Å². The van der Waals surface area contributed by atoms with Gasteiger partial charge < -0.3 is 15.0 Å². The molecular formula is C17H29FN2O. The van der Waals surface area contributed by atoms with Crippen LogP contribution in [0.1, 0.15) is 33.3 Å². The molecule has 0 saturated heterocycles. The molecule has 0 heterocycles. The quantitative estimate of drug-likeness (QED) is 0.669. The number of ether oxygens (including phenoxy) is 1. The molecule has 0 aromatic heterocycles. The monoisotopic (exact) mass is 296 g/mol. The lowest BCUT2D eigenvalue weighted by Gasteiger charge is -2.26. The Morgan fingerprint density at radius 3 is 2.67 bits per heavy atom. The maximum Gasteiger partial charge on any atom is 0.129 e. The first-order valence-electron chi connectivity index (χ1n) is 7.90. The van der Waals surface area contributed by atoms with E-state index in [0.717, 1.165) is 30.9 Å². The van der Waals surface area contributed by atoms with Crippen LogP contribution >= 0.6 is 0 Å². The molecule has 1 rings (SSSR count). The third kappa shape index (κ3) is 6.02. The lowest BCUT2D eigenvalue weighted by atomic mass is 10.1. The van der Waals surface area contributed by atoms with E-state index in [4.69, 9.17) is 4.74 Å². The van der Waals surface area contributed by atoms with Crippen molar-refractivity contribution < 1.29 is 9.13 Å². The second-order valence-corrected chi connectivity index (χ2v) is 5.54. The molecule has 21 heavy (non-hydrogen) atoms. The topological polar surface area (TPSA) is 24.5 Å². The molecule has 1 aromatic rings. The first-order valence-corrected chi connectivity index (χ1v) is 7.90. The Kier molecular flexibility index (Phi) is 8.31. The van der Waals surface area contributed by atoms with Gasteiger partial charge in [0.1, 0.15) is 5.82 Å². The highest BCUT2D eigenvalue weighted by Crippen LogP contribution is 2.23. The van der Waals surface area contributed by atoms with Gasteiger partial charge in [0.05, 0.1) is 6.61 Å². The van der Waals surface area contributed by atoms with E-state index in [-0.39, 0.29) is 5.82 Å². The van der Waals surface area contributed by atoms with Crippen LogP contribution in [-0.2, 0) is 11.3 Å². The minimum Gasteiger partial charge on any atom is -0.380 e. The van der Waals surface area contributed by atoms with Gasteiger partial charge >= 0.3 is 0 Å². The van der Waals surface area contributed by atoms with Gasteiger partial charge in [-0.1, -0.05) is 19.9 Å². The summed E-state index contributed by atoms with van der Waals surface area (Å²) in [5, 5.41) is 3.33. The van der Waals surface area contributed by atoms with E-state index < -0.39 is 0 Å². The highest BCUT2D eigenvalue weighted by molar-refractivity contribution is 5.54. The van der Waals surface area contributed by atoms with E-state index in [2.05, 4.69) is 31.0 Å². The highest BCUT2D eigenvalue weighted by atomic mass is 19.1. The predicted molar refractivity (Wildman–Crippen MR) is 87.3 cm³/mol. The summed E-state index contributed by atoms with van der Waals surface area (Å²) in [6, 6.07) is 5.30. The Morgan fingerprint density at radius 2 is 2.05 bits per heavy atom. The van der Waals surface area contributed by atoms with Gasteiger partial charge in [-0.2, -0.15) is 0 Å². The molecule has 0 atom stereocenters. The van der Waals surface area contributed by atoms with Gasteiger partial charge in [0.25, 0.3) is 0 Å². The summed E-state index contributed by atoms with van der Waals surface area (Å²) >= 11 is 0. The molecule has 1 N–H and O–H groups in total. The third-order valence-electron chi connectivity index (χ3n) is 3.38. The smallest absolute Gasteiger partial charge is 0.129 e. The van der Waals surface area contributed by atoms with Gasteiger partial charge in [0.15, 0.2) is 0 Å². The molecule has 3 nitrogen and oxygen atoms in total. The van der Waals surface area contributed by atoms with Gasteiger partial charge in [-0.05, 0) is 38.4 Å². The van der Waals surface area contributed by atoms with E-state index in [1.165, 1.54) is 6.07 Å². The normalized spacial score (nSPS) is 11.1. The molecule has 0 saturated carbocycles. The molecule has 0 fully saturated rings. The van der Waals surface area contributed by atoms with Crippen molar-refractivity contribution in [3.8, 4) is 0 Å². The maximum atomic E-state index is 14.2. The molecule has 4 heteroatoms. The second-order valence-electron chi connectivity index (χ2n) is 5.54. The highest BCUT2D eigenvalue weighted by Gasteiger charge is 2.13. The number of likely N-dealkylation sites (N-methyl/N-ethyl adjacent to an activating group) is 1. The van der Waals surface area contributed by atoms with Gasteiger partial charge in [-0.3, -0.25) is 0 Å². The average Bonchev–Trinajstić information content (AvgIpc) is 2.45. The van der Waals surface area contributed by atoms with Gasteiger partial charge in [-0.25, -0.2) is 4.39 Å². The predicted octanol–water partition coefficient (Wildman–Crippen LogP) is 3.43. The summed E-state index contributed by atoms with van der Waals surface area (Å²) in [6.45, 7) is 12.8. The largest absolute Gasteiger partial charge is 0.380 e. The number of hydrogen-bond acceptors (Lipinski definition) is 3. The lowest BCUT2D eigenvalue weighted by molar-refractivity contribution is 0.154. The molecule has 0 unspecified atom stereocenters. The summed E-state index contributed by atoms with van der Waals surface area (Å²) in [4.78, 5) is 2.17. The fourth-order valence-electron chi connectivity index (χ4n) is 2.27. The number of halogens is 1. The first-order chi connectivity index (χ1) is 10.1. The summed E-state index contributed by atoms with van der Waals surface area (Å²) in [5.74, 6) is 0.416. The SMILES string of the molecule is CCOCCN(CC)c1cccc(F)c1CNCC(C)C. The summed E-state index contributed by atoms with van der Waals surface area (Å²) in [5.41, 5.74) is 1.71. The third-order valence-corrected chi connectivity index (χ3v) is 3.38. The second kappa shape index (κ2) is 9.74. The number of nitrogens with zero attached hydrogens (tertiary/aromatic N) is 1. The van der Waals surface area contributed by atoms with Crippen molar-refractivity contribution in [3.05, 3.63) is 29.6 Å². The number of rotatable bonds is 10. The molecule has 0 bridgehead atoms. The minimum absolute atomic E-state index is 0.140. The molecule has 0 spiro atoms. The van der Waals surface area contributed by atoms with E-state index in [1.54, 1.807) is 6.07 Å². The molecule has 1 aromatic carbocycles. The van der Waals surface area contributed by atoms with Gasteiger partial charge in [0, 0.05) is 37.5 Å². The first kappa shape index (κ1) is 17.9. The number of anilines is 1. The van der Waals surface area contributed by atoms with Crippen LogP contribution in [0.5, 0.6) is 0 Å². The van der Waals surface area contributed by atoms with Crippen LogP contribution in [0.15, 0.2) is 18.2 Å². The van der Waals surface area contributed by atoms with Crippen molar-refractivity contribution >= 4 is 5.69 Å². The molecule has 0 aliphatic carbocycles. The van der Waals surface area contributed by atoms with E-state index in [1.807, 2.05) is 13.0 Å². The van der Waals surface area contributed by atoms with Crippen LogP contribution in [0, 0.1) is 11.7 Å². The Bertz CT molecular complexity index is 410. The maximum absolute atomic E-state index is 14.2. The molecular weight excluding hydrogens is 267 g/mol. The Balaban J connectivity index is 2.80. The zero-order chi connectivity index (χ0) is 15.7. The number of hydrogen-bond donors (Lipinski definition) is 1. The van der Waals surface area contributed by atoms with Crippen LogP contribution in [0.4, 0.5) is 10.1 Å².